The van der Waals surface area contributed by atoms with Crippen molar-refractivity contribution >= 4 is 5.91 Å². The molecule has 0 N–H and O–H groups in total. The molecule has 0 spiro atoms. The highest BCUT2D eigenvalue weighted by Crippen LogP contribution is 2.32. The molecule has 4 rings (SSSR count). The normalized spacial score (nSPS) is 13.2. The lowest BCUT2D eigenvalue weighted by Gasteiger charge is -2.15. The molecule has 1 amide bonds. The van der Waals surface area contributed by atoms with Crippen molar-refractivity contribution in [1.82, 2.24) is 9.88 Å². The van der Waals surface area contributed by atoms with E-state index < -0.39 is 0 Å². The van der Waals surface area contributed by atoms with Crippen molar-refractivity contribution < 1.29 is 9.18 Å². The monoisotopic (exact) mass is 332 g/mol. The van der Waals surface area contributed by atoms with Crippen molar-refractivity contribution in [2.75, 3.05) is 0 Å². The Morgan fingerprint density at radius 1 is 1.12 bits per heavy atom. The largest absolute Gasteiger partial charge is 0.330 e. The average Bonchev–Trinajstić information content (AvgIpc) is 2.92. The van der Waals surface area contributed by atoms with Crippen LogP contribution in [0.3, 0.4) is 0 Å². The first-order valence-corrected chi connectivity index (χ1v) is 8.19. The molecule has 1 aromatic heterocycles. The summed E-state index contributed by atoms with van der Waals surface area (Å²) in [5, 5.41) is 0. The summed E-state index contributed by atoms with van der Waals surface area (Å²) >= 11 is 0. The van der Waals surface area contributed by atoms with Gasteiger partial charge in [-0.2, -0.15) is 0 Å². The van der Waals surface area contributed by atoms with E-state index in [0.717, 1.165) is 33.4 Å². The van der Waals surface area contributed by atoms with Crippen molar-refractivity contribution in [3.05, 3.63) is 89.0 Å². The number of pyridine rings is 1. The van der Waals surface area contributed by atoms with Crippen LogP contribution in [0.4, 0.5) is 4.39 Å². The Kier molecular flexibility index (Phi) is 3.80. The van der Waals surface area contributed by atoms with Gasteiger partial charge in [0.05, 0.1) is 0 Å². The number of amides is 1. The van der Waals surface area contributed by atoms with Crippen LogP contribution in [0.15, 0.2) is 60.9 Å². The molecule has 0 unspecified atom stereocenters. The number of hydrogen-bond donors (Lipinski definition) is 0. The molecule has 124 valence electrons. The maximum absolute atomic E-state index is 13.4. The molecule has 0 radical (unpaired) electrons. The van der Waals surface area contributed by atoms with Crippen molar-refractivity contribution in [2.24, 2.45) is 0 Å². The van der Waals surface area contributed by atoms with E-state index in [1.54, 1.807) is 17.2 Å². The van der Waals surface area contributed by atoms with Gasteiger partial charge in [-0.25, -0.2) is 4.39 Å². The predicted octanol–water partition coefficient (Wildman–Crippen LogP) is 4.35. The Bertz CT molecular complexity index is 953. The molecule has 0 saturated carbocycles. The first kappa shape index (κ1) is 15.5. The second kappa shape index (κ2) is 6.13. The summed E-state index contributed by atoms with van der Waals surface area (Å²) < 4.78 is 13.4. The van der Waals surface area contributed by atoms with Gasteiger partial charge >= 0.3 is 0 Å². The predicted molar refractivity (Wildman–Crippen MR) is 94.4 cm³/mol. The molecule has 2 aromatic carbocycles. The van der Waals surface area contributed by atoms with Crippen molar-refractivity contribution in [2.45, 2.75) is 20.0 Å². The van der Waals surface area contributed by atoms with Crippen LogP contribution in [-0.2, 0) is 13.1 Å². The summed E-state index contributed by atoms with van der Waals surface area (Å²) in [4.78, 5) is 18.7. The highest BCUT2D eigenvalue weighted by molar-refractivity contribution is 6.00. The summed E-state index contributed by atoms with van der Waals surface area (Å²) in [6, 6.07) is 14.4. The highest BCUT2D eigenvalue weighted by atomic mass is 19.1. The zero-order valence-electron chi connectivity index (χ0n) is 13.9. The van der Waals surface area contributed by atoms with Crippen LogP contribution in [0.2, 0.25) is 0 Å². The summed E-state index contributed by atoms with van der Waals surface area (Å²) in [6.07, 6.45) is 3.57. The molecule has 25 heavy (non-hydrogen) atoms. The smallest absolute Gasteiger partial charge is 0.255 e. The summed E-state index contributed by atoms with van der Waals surface area (Å²) in [7, 11) is 0. The highest BCUT2D eigenvalue weighted by Gasteiger charge is 2.29. The van der Waals surface area contributed by atoms with Crippen LogP contribution in [0.5, 0.6) is 0 Å². The topological polar surface area (TPSA) is 33.2 Å². The Balaban J connectivity index is 1.66. The fourth-order valence-corrected chi connectivity index (χ4v) is 3.41. The third-order valence-electron chi connectivity index (χ3n) is 4.54. The number of carbonyl (C=O) groups is 1. The van der Waals surface area contributed by atoms with Gasteiger partial charge in [0.2, 0.25) is 0 Å². The number of hydrogen-bond acceptors (Lipinski definition) is 2. The van der Waals surface area contributed by atoms with Gasteiger partial charge in [-0.3, -0.25) is 9.78 Å². The third-order valence-corrected chi connectivity index (χ3v) is 4.54. The van der Waals surface area contributed by atoms with Crippen LogP contribution in [0.25, 0.3) is 11.1 Å². The van der Waals surface area contributed by atoms with Crippen molar-refractivity contribution in [3.63, 3.8) is 0 Å². The van der Waals surface area contributed by atoms with E-state index in [1.165, 1.54) is 12.1 Å². The summed E-state index contributed by atoms with van der Waals surface area (Å²) in [6.45, 7) is 2.91. The molecular formula is C21H17FN2O. The molecule has 0 fully saturated rings. The Morgan fingerprint density at radius 2 is 2.00 bits per heavy atom. The molecule has 4 heteroatoms. The van der Waals surface area contributed by atoms with Crippen LogP contribution < -0.4 is 0 Å². The van der Waals surface area contributed by atoms with E-state index in [4.69, 9.17) is 0 Å². The maximum atomic E-state index is 13.4. The Morgan fingerprint density at radius 3 is 2.76 bits per heavy atom. The number of benzene rings is 2. The number of rotatable bonds is 3. The van der Waals surface area contributed by atoms with Crippen molar-refractivity contribution in [3.8, 4) is 11.1 Å². The van der Waals surface area contributed by atoms with E-state index in [2.05, 4.69) is 11.1 Å². The van der Waals surface area contributed by atoms with Gasteiger partial charge in [0, 0.05) is 36.6 Å². The van der Waals surface area contributed by atoms with Crippen LogP contribution in [0.1, 0.15) is 27.0 Å². The number of aromatic nitrogens is 1. The zero-order valence-corrected chi connectivity index (χ0v) is 13.9. The lowest BCUT2D eigenvalue weighted by atomic mass is 9.97. The lowest BCUT2D eigenvalue weighted by Crippen LogP contribution is -2.23. The second-order valence-electron chi connectivity index (χ2n) is 6.36. The van der Waals surface area contributed by atoms with Gasteiger partial charge in [0.15, 0.2) is 0 Å². The molecule has 0 bridgehead atoms. The standard InChI is InChI=1S/C21H17FN2O/c1-14-8-17(16-5-3-7-23-11-16)10-18-13-24(21(25)20(14)18)12-15-4-2-6-19(22)9-15/h2-11H,12-13H2,1H3. The molecular weight excluding hydrogens is 315 g/mol. The van der Waals surface area contributed by atoms with Gasteiger partial charge in [-0.05, 0) is 53.4 Å². The number of aryl methyl sites for hydroxylation is 1. The molecule has 1 aliphatic heterocycles. The lowest BCUT2D eigenvalue weighted by molar-refractivity contribution is 0.0766. The van der Waals surface area contributed by atoms with Gasteiger partial charge in [-0.1, -0.05) is 24.3 Å². The van der Waals surface area contributed by atoms with Gasteiger partial charge in [0.25, 0.3) is 5.91 Å². The van der Waals surface area contributed by atoms with Crippen LogP contribution in [0, 0.1) is 12.7 Å². The third kappa shape index (κ3) is 2.91. The first-order valence-electron chi connectivity index (χ1n) is 8.19. The van der Waals surface area contributed by atoms with Gasteiger partial charge in [-0.15, -0.1) is 0 Å². The fourth-order valence-electron chi connectivity index (χ4n) is 3.41. The van der Waals surface area contributed by atoms with E-state index in [1.807, 2.05) is 37.4 Å². The molecule has 1 aliphatic rings. The molecule has 0 aliphatic carbocycles. The maximum Gasteiger partial charge on any atom is 0.255 e. The Hall–Kier alpha value is -3.01. The first-order chi connectivity index (χ1) is 12.1. The molecule has 2 heterocycles. The quantitative estimate of drug-likeness (QED) is 0.714. The van der Waals surface area contributed by atoms with Gasteiger partial charge in [0.1, 0.15) is 5.82 Å². The Labute approximate surface area is 145 Å². The number of halogens is 1. The van der Waals surface area contributed by atoms with Crippen LogP contribution >= 0.6 is 0 Å². The SMILES string of the molecule is Cc1cc(-c2cccnc2)cc2c1C(=O)N(Cc1cccc(F)c1)C2. The zero-order chi connectivity index (χ0) is 17.4. The second-order valence-corrected chi connectivity index (χ2v) is 6.36. The average molecular weight is 332 g/mol. The minimum absolute atomic E-state index is 0.00879. The van der Waals surface area contributed by atoms with Crippen LogP contribution in [-0.4, -0.2) is 15.8 Å². The summed E-state index contributed by atoms with van der Waals surface area (Å²) in [5.74, 6) is -0.272. The van der Waals surface area contributed by atoms with E-state index >= 15 is 0 Å². The van der Waals surface area contributed by atoms with E-state index in [-0.39, 0.29) is 11.7 Å². The van der Waals surface area contributed by atoms with E-state index in [0.29, 0.717) is 13.1 Å². The van der Waals surface area contributed by atoms with Crippen molar-refractivity contribution in [1.29, 1.82) is 0 Å². The number of fused-ring (bicyclic) bond motifs is 1. The fraction of sp³-hybridized carbons (Fsp3) is 0.143. The van der Waals surface area contributed by atoms with Gasteiger partial charge < -0.3 is 4.90 Å². The minimum atomic E-state index is -0.281. The minimum Gasteiger partial charge on any atom is -0.330 e. The molecule has 0 atom stereocenters. The number of carbonyl (C=O) groups excluding carboxylic acids is 1. The van der Waals surface area contributed by atoms with E-state index in [9.17, 15) is 9.18 Å². The number of nitrogens with zero attached hydrogens (tertiary/aromatic N) is 2. The molecule has 3 aromatic rings. The summed E-state index contributed by atoms with van der Waals surface area (Å²) in [5.41, 5.74) is 5.63. The molecule has 0 saturated heterocycles. The molecule has 3 nitrogen and oxygen atoms in total.